The first-order chi connectivity index (χ1) is 51.1. The normalized spacial score (nSPS) is 36.0. The fourth-order valence-electron chi connectivity index (χ4n) is 13.4. The summed E-state index contributed by atoms with van der Waals surface area (Å²) in [5.41, 5.74) is 5.61. The molecule has 6 aliphatic rings. The van der Waals surface area contributed by atoms with Gasteiger partial charge in [0, 0.05) is 59.3 Å². The molecular weight excluding hydrogens is 1370 g/mol. The van der Waals surface area contributed by atoms with E-state index in [-0.39, 0.29) is 13.2 Å². The molecule has 6 aromatic rings. The maximum Gasteiger partial charge on any atom is 0.220 e. The number of methoxy groups -OCH3 is 6. The molecule has 6 heterocycles. The Morgan fingerprint density at radius 3 is 0.868 bits per heavy atom. The van der Waals surface area contributed by atoms with Gasteiger partial charge in [0.15, 0.2) is 18.9 Å². The molecule has 6 saturated heterocycles. The lowest BCUT2D eigenvalue weighted by molar-refractivity contribution is -0.468. The minimum Gasteiger partial charge on any atom is -0.394 e. The molecule has 0 aliphatic carbocycles. The summed E-state index contributed by atoms with van der Waals surface area (Å²) in [5.74, 6) is -7.80. The summed E-state index contributed by atoms with van der Waals surface area (Å²) < 4.78 is 129. The predicted molar refractivity (Wildman–Crippen MR) is 383 cm³/mol. The maximum atomic E-state index is 10.8. The minimum absolute atomic E-state index is 0.212. The Balaban J connectivity index is 0.000000170. The lowest BCUT2D eigenvalue weighted by Gasteiger charge is -2.55. The van der Waals surface area contributed by atoms with E-state index in [1.807, 2.05) is 182 Å². The smallest absolute Gasteiger partial charge is 0.220 e. The molecule has 0 bridgehead atoms. The number of ether oxygens (including phenoxy) is 21. The van der Waals surface area contributed by atoms with Crippen molar-refractivity contribution in [3.63, 3.8) is 0 Å². The zero-order chi connectivity index (χ0) is 75.7. The summed E-state index contributed by atoms with van der Waals surface area (Å²) in [7, 11) is 9.02. The molecule has 0 spiro atoms. The Bertz CT molecular complexity index is 3390. The molecule has 0 amide bonds. The average Bonchev–Trinajstić information content (AvgIpc) is 0.755. The third-order valence-electron chi connectivity index (χ3n) is 20.6. The number of rotatable bonds is 26. The summed E-state index contributed by atoms with van der Waals surface area (Å²) in [6.45, 7) is 15.0. The molecule has 4 N–H and O–H groups in total. The lowest BCUT2D eigenvalue weighted by atomic mass is 9.93. The first-order valence-corrected chi connectivity index (χ1v) is 35.6. The summed E-state index contributed by atoms with van der Waals surface area (Å²) in [4.78, 5) is 0. The second-order valence-electron chi connectivity index (χ2n) is 27.2. The Hall–Kier alpha value is -5.94. The number of aliphatic hydroxyl groups excluding tert-OH is 4. The van der Waals surface area contributed by atoms with Crippen molar-refractivity contribution in [2.45, 2.75) is 200 Å². The average molecular weight is 1480 g/mol. The highest BCUT2D eigenvalue weighted by Gasteiger charge is 2.64. The number of hydrogen-bond acceptors (Lipinski definition) is 25. The van der Waals surface area contributed by atoms with Crippen molar-refractivity contribution in [1.82, 2.24) is 0 Å². The molecule has 0 aromatic heterocycles. The van der Waals surface area contributed by atoms with Gasteiger partial charge in [-0.1, -0.05) is 188 Å². The van der Waals surface area contributed by atoms with Crippen LogP contribution < -0.4 is 0 Å². The Morgan fingerprint density at radius 1 is 0.358 bits per heavy atom. The Labute approximate surface area is 621 Å². The van der Waals surface area contributed by atoms with Crippen molar-refractivity contribution in [3.05, 3.63) is 228 Å². The van der Waals surface area contributed by atoms with Gasteiger partial charge in [-0.25, -0.2) is 0 Å². The van der Waals surface area contributed by atoms with Crippen LogP contribution in [0.25, 0.3) is 0 Å². The van der Waals surface area contributed by atoms with Gasteiger partial charge in [0.1, 0.15) is 85.5 Å². The number of benzene rings is 6. The molecule has 6 fully saturated rings. The van der Waals surface area contributed by atoms with Crippen molar-refractivity contribution >= 4 is 0 Å². The van der Waals surface area contributed by atoms with E-state index in [1.54, 1.807) is 61.8 Å². The second kappa shape index (κ2) is 37.6. The summed E-state index contributed by atoms with van der Waals surface area (Å²) >= 11 is 0. The Kier molecular flexibility index (Phi) is 29.3. The van der Waals surface area contributed by atoms with Gasteiger partial charge in [0.25, 0.3) is 0 Å². The van der Waals surface area contributed by atoms with Crippen molar-refractivity contribution in [2.75, 3.05) is 75.7 Å². The molecule has 580 valence electrons. The van der Waals surface area contributed by atoms with E-state index in [1.165, 1.54) is 28.4 Å². The van der Waals surface area contributed by atoms with Gasteiger partial charge in [-0.15, -0.1) is 6.58 Å². The molecule has 9 unspecified atom stereocenters. The minimum atomic E-state index is -1.37. The van der Waals surface area contributed by atoms with Crippen LogP contribution >= 0.6 is 0 Å². The van der Waals surface area contributed by atoms with Crippen LogP contribution in [0, 0.1) is 0 Å². The van der Waals surface area contributed by atoms with Crippen LogP contribution in [0.2, 0.25) is 0 Å². The van der Waals surface area contributed by atoms with E-state index in [2.05, 4.69) is 6.58 Å². The molecular formula is C81H106O25. The van der Waals surface area contributed by atoms with Crippen LogP contribution in [0.5, 0.6) is 0 Å². The van der Waals surface area contributed by atoms with E-state index < -0.39 is 152 Å². The van der Waals surface area contributed by atoms with E-state index in [9.17, 15) is 20.4 Å². The predicted octanol–water partition coefficient (Wildman–Crippen LogP) is 9.48. The highest BCUT2D eigenvalue weighted by Crippen LogP contribution is 2.48. The van der Waals surface area contributed by atoms with Gasteiger partial charge in [-0.2, -0.15) is 0 Å². The Morgan fingerprint density at radius 2 is 0.604 bits per heavy atom. The zero-order valence-electron chi connectivity index (χ0n) is 62.4. The number of aliphatic hydroxyl groups is 4. The number of hydrogen-bond donors (Lipinski definition) is 4. The zero-order valence-corrected chi connectivity index (χ0v) is 62.4. The molecule has 0 radical (unpaired) electrons. The largest absolute Gasteiger partial charge is 0.394 e. The highest BCUT2D eigenvalue weighted by molar-refractivity contribution is 5.21. The van der Waals surface area contributed by atoms with Crippen LogP contribution in [-0.4, -0.2) is 216 Å². The standard InChI is InChI=1S/2C27H36O9.C27H34O7/c2*1-26(30-3)27(2,31-4)36-24(22(35-26)20(29)15-28)23-21(32-16-18-11-7-5-8-12-18)17-33-25(34-23)19-13-9-6-10-14-19;1-6-21-24(34-27(3,29-5)26(2,28-4)33-21)23-22(30-17-19-13-9-7-10-14-19)18-31-25(32-23)20-15-11-8-12-16-20/h2*5-14,20-25,28-29H,15-17H2,1-4H3;6-16,21-25H,1,17-18H2,2-5H3/t20-,21+,22-,23+,24+,25?,26?,27?;20-,21-,22+,23-,24-,25?,26?,27?;21-,22+,23+,24+,25?,26?,27?/m010/s1. The first-order valence-electron chi connectivity index (χ1n) is 35.6. The summed E-state index contributed by atoms with van der Waals surface area (Å²) in [6, 6.07) is 58.4. The van der Waals surface area contributed by atoms with Crippen LogP contribution in [0.4, 0.5) is 0 Å². The molecule has 25 nitrogen and oxygen atoms in total. The van der Waals surface area contributed by atoms with Crippen molar-refractivity contribution in [3.8, 4) is 0 Å². The van der Waals surface area contributed by atoms with E-state index >= 15 is 0 Å². The highest BCUT2D eigenvalue weighted by atomic mass is 16.8. The quantitative estimate of drug-likeness (QED) is 0.0368. The molecule has 106 heavy (non-hydrogen) atoms. The van der Waals surface area contributed by atoms with Gasteiger partial charge in [0.05, 0.1) is 52.9 Å². The van der Waals surface area contributed by atoms with Gasteiger partial charge >= 0.3 is 0 Å². The molecule has 25 heteroatoms. The van der Waals surface area contributed by atoms with Crippen molar-refractivity contribution in [1.29, 1.82) is 0 Å². The summed E-state index contributed by atoms with van der Waals surface area (Å²) in [6.07, 6.45) is -11.3. The third kappa shape index (κ3) is 18.9. The van der Waals surface area contributed by atoms with Gasteiger partial charge in [0.2, 0.25) is 34.7 Å². The van der Waals surface area contributed by atoms with Crippen LogP contribution in [0.15, 0.2) is 195 Å². The fourth-order valence-corrected chi connectivity index (χ4v) is 13.4. The van der Waals surface area contributed by atoms with Gasteiger partial charge in [-0.3, -0.25) is 0 Å². The molecule has 6 aliphatic heterocycles. The van der Waals surface area contributed by atoms with Crippen molar-refractivity contribution < 1.29 is 120 Å². The molecule has 12 rings (SSSR count). The topological polar surface area (TPSA) is 275 Å². The van der Waals surface area contributed by atoms with E-state index in [0.717, 1.165) is 33.4 Å². The second-order valence-corrected chi connectivity index (χ2v) is 27.2. The first kappa shape index (κ1) is 82.6. The van der Waals surface area contributed by atoms with E-state index in [4.69, 9.17) is 99.5 Å². The molecule has 23 atom stereocenters. The van der Waals surface area contributed by atoms with Gasteiger partial charge in [-0.05, 0) is 58.2 Å². The fraction of sp³-hybridized carbons (Fsp3) is 0.531. The maximum absolute atomic E-state index is 10.8. The lowest BCUT2D eigenvalue weighted by Crippen LogP contribution is -2.71. The molecule has 6 aromatic carbocycles. The SMILES string of the molecule is C=C[C@@H]1OC(C)(OC)C(C)(OC)O[C@H]1[C@@H]1OC(c2ccccc2)OC[C@H]1OCc1ccccc1.COC1(C)O[C@@H]([C@@H]2OC(c3ccccc3)OC[C@H]2OCc2ccccc2)[C@H]([C@@H](O)CO)OC1(C)OC.COC1(C)O[C@@H]([C@@H]2OC(c3ccccc3)OC[C@H]2OCc2ccccc2)[C@H]([C@H](O)CO)OC1(C)OC. The van der Waals surface area contributed by atoms with Crippen LogP contribution in [0.1, 0.15) is 93.8 Å². The third-order valence-corrected chi connectivity index (χ3v) is 20.6. The molecule has 0 saturated carbocycles. The monoisotopic (exact) mass is 1480 g/mol. The van der Waals surface area contributed by atoms with E-state index in [0.29, 0.717) is 26.4 Å². The summed E-state index contributed by atoms with van der Waals surface area (Å²) in [5, 5.41) is 41.2. The van der Waals surface area contributed by atoms with Crippen molar-refractivity contribution in [2.24, 2.45) is 0 Å². The van der Waals surface area contributed by atoms with Crippen LogP contribution in [0.3, 0.4) is 0 Å². The van der Waals surface area contributed by atoms with Crippen LogP contribution in [-0.2, 0) is 119 Å². The van der Waals surface area contributed by atoms with Gasteiger partial charge < -0.3 is 120 Å².